The number of allylic oxidation sites excluding steroid dienone is 1. The number of hydrogen-bond acceptors (Lipinski definition) is 4. The highest BCUT2D eigenvalue weighted by atomic mass is 32.2. The maximum absolute atomic E-state index is 14.3. The Balaban J connectivity index is 2.21. The van der Waals surface area contributed by atoms with Crippen LogP contribution < -0.4 is 5.73 Å². The number of rotatable bonds is 7. The Bertz CT molecular complexity index is 1010. The van der Waals surface area contributed by atoms with Gasteiger partial charge in [-0.1, -0.05) is 12.1 Å². The molecule has 0 saturated carbocycles. The van der Waals surface area contributed by atoms with E-state index in [1.807, 2.05) is 18.7 Å². The predicted octanol–water partition coefficient (Wildman–Crippen LogP) is 5.72. The molecule has 28 heavy (non-hydrogen) atoms. The molecule has 148 valence electrons. The van der Waals surface area contributed by atoms with Gasteiger partial charge in [-0.2, -0.15) is 0 Å². The number of fused-ring (bicyclic) bond motifs is 1. The zero-order valence-corrected chi connectivity index (χ0v) is 18.3. The van der Waals surface area contributed by atoms with Gasteiger partial charge >= 0.3 is 0 Å². The lowest BCUT2D eigenvalue weighted by molar-refractivity contribution is 0.555. The van der Waals surface area contributed by atoms with E-state index < -0.39 is 0 Å². The zero-order valence-electron chi connectivity index (χ0n) is 16.7. The van der Waals surface area contributed by atoms with Crippen molar-refractivity contribution in [3.63, 3.8) is 0 Å². The topological polar surface area (TPSA) is 34.2 Å². The second-order valence-corrected chi connectivity index (χ2v) is 9.01. The van der Waals surface area contributed by atoms with Crippen LogP contribution >= 0.6 is 23.7 Å². The first kappa shape index (κ1) is 21.0. The molecule has 3 aromatic rings. The molecule has 1 aromatic heterocycles. The van der Waals surface area contributed by atoms with Crippen LogP contribution in [0.3, 0.4) is 0 Å². The first-order valence-corrected chi connectivity index (χ1v) is 11.1. The molecule has 0 amide bonds. The molecule has 0 aliphatic rings. The van der Waals surface area contributed by atoms with Gasteiger partial charge in [0.25, 0.3) is 0 Å². The fraction of sp³-hybridized carbons (Fsp3) is 0.273. The third-order valence-electron chi connectivity index (χ3n) is 4.59. The van der Waals surface area contributed by atoms with Crippen molar-refractivity contribution in [1.82, 2.24) is 8.87 Å². The van der Waals surface area contributed by atoms with Crippen molar-refractivity contribution < 1.29 is 4.39 Å². The maximum Gasteiger partial charge on any atom is 0.117 e. The molecule has 0 fully saturated rings. The van der Waals surface area contributed by atoms with Crippen molar-refractivity contribution in [1.29, 1.82) is 0 Å². The summed E-state index contributed by atoms with van der Waals surface area (Å²) in [6.45, 7) is 2.47. The summed E-state index contributed by atoms with van der Waals surface area (Å²) >= 11 is 3.40. The standard InChI is InChI=1S/C22H26FN3S2/c1-15-22(16-6-5-7-19(12-16)28-25(2)3)20-13-18(27-4)8-9-21(20)26(15)14-17(23)10-11-24/h5-10,12-13H,11,14,24H2,1-4H3/b17-10-. The molecule has 0 aliphatic carbocycles. The average Bonchev–Trinajstić information content (AvgIpc) is 2.92. The van der Waals surface area contributed by atoms with Gasteiger partial charge in [-0.25, -0.2) is 4.39 Å². The molecular weight excluding hydrogens is 389 g/mol. The summed E-state index contributed by atoms with van der Waals surface area (Å²) in [6.07, 6.45) is 3.51. The van der Waals surface area contributed by atoms with E-state index in [1.54, 1.807) is 23.7 Å². The van der Waals surface area contributed by atoms with Crippen LogP contribution in [0.5, 0.6) is 0 Å². The quantitative estimate of drug-likeness (QED) is 0.395. The molecule has 2 N–H and O–H groups in total. The monoisotopic (exact) mass is 415 g/mol. The SMILES string of the molecule is CSc1ccc2c(c1)c(-c1cccc(SN(C)C)c1)c(C)n2C/C(F)=C/CN. The van der Waals surface area contributed by atoms with Crippen LogP contribution in [0.15, 0.2) is 64.2 Å². The average molecular weight is 416 g/mol. The molecule has 2 aromatic carbocycles. The number of benzene rings is 2. The van der Waals surface area contributed by atoms with E-state index in [0.29, 0.717) is 0 Å². The minimum Gasteiger partial charge on any atom is -0.337 e. The fourth-order valence-corrected chi connectivity index (χ4v) is 4.60. The van der Waals surface area contributed by atoms with Crippen molar-refractivity contribution in [2.75, 3.05) is 26.9 Å². The molecule has 1 heterocycles. The fourth-order valence-electron chi connectivity index (χ4n) is 3.42. The lowest BCUT2D eigenvalue weighted by Crippen LogP contribution is -2.03. The molecule has 0 aliphatic heterocycles. The Labute approximate surface area is 174 Å². The van der Waals surface area contributed by atoms with Crippen molar-refractivity contribution in [2.24, 2.45) is 5.73 Å². The Morgan fingerprint density at radius 1 is 1.18 bits per heavy atom. The third kappa shape index (κ3) is 4.46. The maximum atomic E-state index is 14.3. The van der Waals surface area contributed by atoms with Crippen molar-refractivity contribution >= 4 is 34.6 Å². The van der Waals surface area contributed by atoms with Gasteiger partial charge in [0.2, 0.25) is 0 Å². The molecule has 3 rings (SSSR count). The Kier molecular flexibility index (Phi) is 6.88. The van der Waals surface area contributed by atoms with Gasteiger partial charge in [0.05, 0.1) is 6.54 Å². The largest absolute Gasteiger partial charge is 0.337 e. The first-order valence-electron chi connectivity index (χ1n) is 9.11. The van der Waals surface area contributed by atoms with E-state index in [2.05, 4.69) is 59.9 Å². The minimum atomic E-state index is -0.208. The minimum absolute atomic E-state index is 0.199. The summed E-state index contributed by atoms with van der Waals surface area (Å²) in [5.41, 5.74) is 9.89. The van der Waals surface area contributed by atoms with Gasteiger partial charge in [-0.05, 0) is 81.2 Å². The number of thioether (sulfide) groups is 1. The van der Waals surface area contributed by atoms with Gasteiger partial charge in [-0.15, -0.1) is 11.8 Å². The predicted molar refractivity (Wildman–Crippen MR) is 122 cm³/mol. The van der Waals surface area contributed by atoms with Gasteiger partial charge in [0.1, 0.15) is 5.83 Å². The molecule has 0 saturated heterocycles. The molecule has 0 radical (unpaired) electrons. The summed E-state index contributed by atoms with van der Waals surface area (Å²) in [5, 5.41) is 1.15. The van der Waals surface area contributed by atoms with E-state index >= 15 is 0 Å². The lowest BCUT2D eigenvalue weighted by atomic mass is 10.0. The lowest BCUT2D eigenvalue weighted by Gasteiger charge is -2.11. The molecule has 0 atom stereocenters. The Morgan fingerprint density at radius 2 is 1.96 bits per heavy atom. The van der Waals surface area contributed by atoms with Crippen LogP contribution in [0, 0.1) is 6.92 Å². The summed E-state index contributed by atoms with van der Waals surface area (Å²) in [7, 11) is 4.07. The van der Waals surface area contributed by atoms with Crippen molar-refractivity contribution in [3.8, 4) is 11.1 Å². The highest BCUT2D eigenvalue weighted by Gasteiger charge is 2.17. The normalized spacial score (nSPS) is 12.3. The Morgan fingerprint density at radius 3 is 2.64 bits per heavy atom. The summed E-state index contributed by atoms with van der Waals surface area (Å²) < 4.78 is 18.4. The smallest absolute Gasteiger partial charge is 0.117 e. The summed E-state index contributed by atoms with van der Waals surface area (Å²) in [4.78, 5) is 2.38. The first-order chi connectivity index (χ1) is 13.4. The number of nitrogens with zero attached hydrogens (tertiary/aromatic N) is 2. The number of halogens is 1. The molecule has 0 bridgehead atoms. The van der Waals surface area contributed by atoms with E-state index in [1.165, 1.54) is 15.9 Å². The second-order valence-electron chi connectivity index (χ2n) is 6.75. The number of nitrogens with two attached hydrogens (primary N) is 1. The number of aromatic nitrogens is 1. The number of hydrogen-bond donors (Lipinski definition) is 1. The van der Waals surface area contributed by atoms with Crippen LogP contribution in [0.25, 0.3) is 22.0 Å². The highest BCUT2D eigenvalue weighted by Crippen LogP contribution is 2.38. The third-order valence-corrected chi connectivity index (χ3v) is 6.14. The molecule has 3 nitrogen and oxygen atoms in total. The summed E-state index contributed by atoms with van der Waals surface area (Å²) in [5.74, 6) is -0.208. The van der Waals surface area contributed by atoms with Crippen LogP contribution in [0.2, 0.25) is 0 Å². The second kappa shape index (κ2) is 9.18. The highest BCUT2D eigenvalue weighted by molar-refractivity contribution is 7.98. The van der Waals surface area contributed by atoms with Gasteiger partial charge in [0.15, 0.2) is 0 Å². The van der Waals surface area contributed by atoms with Gasteiger partial charge in [-0.3, -0.25) is 4.31 Å². The Hall–Kier alpha value is -1.73. The molecule has 0 spiro atoms. The molecular formula is C22H26FN3S2. The van der Waals surface area contributed by atoms with Crippen molar-refractivity contribution in [2.45, 2.75) is 23.3 Å². The van der Waals surface area contributed by atoms with Crippen LogP contribution in [0.1, 0.15) is 5.69 Å². The van der Waals surface area contributed by atoms with Crippen LogP contribution in [-0.2, 0) is 6.54 Å². The van der Waals surface area contributed by atoms with E-state index in [0.717, 1.165) is 27.7 Å². The van der Waals surface area contributed by atoms with Crippen LogP contribution in [-0.4, -0.2) is 35.8 Å². The van der Waals surface area contributed by atoms with Crippen molar-refractivity contribution in [3.05, 3.63) is 60.1 Å². The molecule has 0 unspecified atom stereocenters. The van der Waals surface area contributed by atoms with E-state index in [9.17, 15) is 4.39 Å². The van der Waals surface area contributed by atoms with Gasteiger partial charge in [0, 0.05) is 38.5 Å². The van der Waals surface area contributed by atoms with E-state index in [-0.39, 0.29) is 18.9 Å². The van der Waals surface area contributed by atoms with Crippen LogP contribution in [0.4, 0.5) is 4.39 Å². The zero-order chi connectivity index (χ0) is 20.3. The summed E-state index contributed by atoms with van der Waals surface area (Å²) in [6, 6.07) is 14.9. The van der Waals surface area contributed by atoms with Gasteiger partial charge < -0.3 is 10.3 Å². The van der Waals surface area contributed by atoms with E-state index in [4.69, 9.17) is 5.73 Å². The molecule has 6 heteroatoms.